The fourth-order valence-corrected chi connectivity index (χ4v) is 4.43. The van der Waals surface area contributed by atoms with Crippen LogP contribution in [0.5, 0.6) is 0 Å². The molecule has 1 aromatic rings. The van der Waals surface area contributed by atoms with Crippen molar-refractivity contribution in [3.8, 4) is 0 Å². The Kier molecular flexibility index (Phi) is 4.84. The molecule has 20 heavy (non-hydrogen) atoms. The summed E-state index contributed by atoms with van der Waals surface area (Å²) in [7, 11) is -0.578. The van der Waals surface area contributed by atoms with Crippen LogP contribution in [0.1, 0.15) is 24.8 Å². The summed E-state index contributed by atoms with van der Waals surface area (Å²) in [5, 5.41) is 2.84. The summed E-state index contributed by atoms with van der Waals surface area (Å²) in [4.78, 5) is -0.258. The predicted molar refractivity (Wildman–Crippen MR) is 79.5 cm³/mol. The maximum absolute atomic E-state index is 14.4. The molecule has 0 bridgehead atoms. The molecule has 0 saturated heterocycles. The third kappa shape index (κ3) is 2.90. The summed E-state index contributed by atoms with van der Waals surface area (Å²) in [6.45, 7) is 0.279. The Balaban J connectivity index is 2.45. The van der Waals surface area contributed by atoms with Gasteiger partial charge in [-0.05, 0) is 32.0 Å². The van der Waals surface area contributed by atoms with Crippen LogP contribution in [0.15, 0.2) is 21.5 Å². The molecule has 0 spiro atoms. The molecule has 1 aliphatic rings. The van der Waals surface area contributed by atoms with Crippen molar-refractivity contribution < 1.29 is 12.8 Å². The number of nitrogens with zero attached hydrogens (tertiary/aromatic N) is 1. The van der Waals surface area contributed by atoms with Gasteiger partial charge in [0.05, 0.1) is 0 Å². The van der Waals surface area contributed by atoms with Gasteiger partial charge in [0.1, 0.15) is 10.7 Å². The Labute approximate surface area is 127 Å². The number of sulfonamides is 1. The number of benzene rings is 1. The zero-order valence-corrected chi connectivity index (χ0v) is 13.9. The van der Waals surface area contributed by atoms with Crippen LogP contribution in [0, 0.1) is 5.82 Å². The minimum absolute atomic E-state index is 0.00821. The lowest BCUT2D eigenvalue weighted by molar-refractivity contribution is 0.249. The van der Waals surface area contributed by atoms with Crippen molar-refractivity contribution in [3.05, 3.63) is 28.0 Å². The first kappa shape index (κ1) is 15.9. The van der Waals surface area contributed by atoms with Gasteiger partial charge in [-0.1, -0.05) is 22.4 Å². The van der Waals surface area contributed by atoms with E-state index < -0.39 is 15.8 Å². The SMILES string of the molecule is CNCc1cc(Br)cc(S(=O)(=O)N(C)C2CCC2)c1F. The molecule has 0 atom stereocenters. The monoisotopic (exact) mass is 364 g/mol. The topological polar surface area (TPSA) is 49.4 Å². The lowest BCUT2D eigenvalue weighted by Crippen LogP contribution is -2.41. The van der Waals surface area contributed by atoms with Crippen LogP contribution in [0.25, 0.3) is 0 Å². The number of rotatable bonds is 5. The zero-order chi connectivity index (χ0) is 14.9. The third-order valence-corrected chi connectivity index (χ3v) is 6.06. The molecule has 1 aliphatic carbocycles. The molecule has 0 heterocycles. The van der Waals surface area contributed by atoms with E-state index >= 15 is 0 Å². The van der Waals surface area contributed by atoms with Crippen molar-refractivity contribution >= 4 is 26.0 Å². The average Bonchev–Trinajstić information content (AvgIpc) is 2.31. The van der Waals surface area contributed by atoms with Crippen molar-refractivity contribution in [2.75, 3.05) is 14.1 Å². The summed E-state index contributed by atoms with van der Waals surface area (Å²) in [5.74, 6) is -0.672. The quantitative estimate of drug-likeness (QED) is 0.872. The lowest BCUT2D eigenvalue weighted by Gasteiger charge is -2.34. The molecule has 1 N–H and O–H groups in total. The number of hydrogen-bond donors (Lipinski definition) is 1. The van der Waals surface area contributed by atoms with Crippen LogP contribution in [0.4, 0.5) is 4.39 Å². The van der Waals surface area contributed by atoms with Crippen LogP contribution < -0.4 is 5.32 Å². The predicted octanol–water partition coefficient (Wildman–Crippen LogP) is 2.48. The maximum atomic E-state index is 14.4. The molecule has 7 heteroatoms. The fourth-order valence-electron chi connectivity index (χ4n) is 2.23. The van der Waals surface area contributed by atoms with E-state index in [1.54, 1.807) is 13.1 Å². The first-order chi connectivity index (χ1) is 9.37. The van der Waals surface area contributed by atoms with Gasteiger partial charge in [-0.15, -0.1) is 0 Å². The van der Waals surface area contributed by atoms with E-state index in [2.05, 4.69) is 21.2 Å². The summed E-state index contributed by atoms with van der Waals surface area (Å²) in [5.41, 5.74) is 0.336. The van der Waals surface area contributed by atoms with Crippen molar-refractivity contribution in [2.24, 2.45) is 0 Å². The highest BCUT2D eigenvalue weighted by Gasteiger charge is 2.34. The molecule has 112 valence electrons. The first-order valence-corrected chi connectivity index (χ1v) is 8.71. The van der Waals surface area contributed by atoms with Crippen molar-refractivity contribution in [1.82, 2.24) is 9.62 Å². The number of nitrogens with one attached hydrogen (secondary N) is 1. The largest absolute Gasteiger partial charge is 0.316 e. The lowest BCUT2D eigenvalue weighted by atomic mass is 9.94. The van der Waals surface area contributed by atoms with Crippen molar-refractivity contribution in [1.29, 1.82) is 0 Å². The van der Waals surface area contributed by atoms with Gasteiger partial charge in [-0.3, -0.25) is 0 Å². The Bertz CT molecular complexity index is 603. The summed E-state index contributed by atoms with van der Waals surface area (Å²) in [6.07, 6.45) is 2.71. The molecule has 0 aromatic heterocycles. The van der Waals surface area contributed by atoms with Gasteiger partial charge in [0.15, 0.2) is 0 Å². The molecule has 1 saturated carbocycles. The van der Waals surface area contributed by atoms with Gasteiger partial charge >= 0.3 is 0 Å². The van der Waals surface area contributed by atoms with Gasteiger partial charge in [-0.2, -0.15) is 4.31 Å². The third-order valence-electron chi connectivity index (χ3n) is 3.69. The van der Waals surface area contributed by atoms with E-state index in [9.17, 15) is 12.8 Å². The first-order valence-electron chi connectivity index (χ1n) is 6.48. The highest BCUT2D eigenvalue weighted by Crippen LogP contribution is 2.31. The summed E-state index contributed by atoms with van der Waals surface area (Å²) in [6, 6.07) is 2.92. The molecule has 0 unspecified atom stereocenters. The van der Waals surface area contributed by atoms with Crippen molar-refractivity contribution in [2.45, 2.75) is 36.7 Å². The highest BCUT2D eigenvalue weighted by atomic mass is 79.9. The Morgan fingerprint density at radius 1 is 1.45 bits per heavy atom. The molecule has 0 aliphatic heterocycles. The zero-order valence-electron chi connectivity index (χ0n) is 11.5. The molecule has 1 fully saturated rings. The van der Waals surface area contributed by atoms with Gasteiger partial charge in [0.25, 0.3) is 0 Å². The van der Waals surface area contributed by atoms with E-state index in [1.165, 1.54) is 17.4 Å². The minimum atomic E-state index is -3.79. The second-order valence-corrected chi connectivity index (χ2v) is 7.89. The standard InChI is InChI=1S/C13H18BrFN2O2S/c1-16-8-9-6-10(14)7-12(13(9)15)20(18,19)17(2)11-4-3-5-11/h6-7,11,16H,3-5,8H2,1-2H3. The Hall–Kier alpha value is -0.500. The summed E-state index contributed by atoms with van der Waals surface area (Å²) >= 11 is 3.25. The summed E-state index contributed by atoms with van der Waals surface area (Å²) < 4.78 is 41.4. The van der Waals surface area contributed by atoms with E-state index in [-0.39, 0.29) is 17.5 Å². The molecule has 2 rings (SSSR count). The smallest absolute Gasteiger partial charge is 0.246 e. The van der Waals surface area contributed by atoms with Crippen LogP contribution in [-0.4, -0.2) is 32.9 Å². The van der Waals surface area contributed by atoms with Crippen LogP contribution >= 0.6 is 15.9 Å². The van der Waals surface area contributed by atoms with Gasteiger partial charge in [0, 0.05) is 29.7 Å². The molecule has 1 aromatic carbocycles. The fraction of sp³-hybridized carbons (Fsp3) is 0.538. The van der Waals surface area contributed by atoms with Crippen molar-refractivity contribution in [3.63, 3.8) is 0 Å². The van der Waals surface area contributed by atoms with Gasteiger partial charge in [-0.25, -0.2) is 12.8 Å². The van der Waals surface area contributed by atoms with E-state index in [0.717, 1.165) is 19.3 Å². The Morgan fingerprint density at radius 3 is 2.60 bits per heavy atom. The average molecular weight is 365 g/mol. The van der Waals surface area contributed by atoms with Crippen LogP contribution in [-0.2, 0) is 16.6 Å². The molecule has 4 nitrogen and oxygen atoms in total. The van der Waals surface area contributed by atoms with Crippen LogP contribution in [0.2, 0.25) is 0 Å². The molecular weight excluding hydrogens is 347 g/mol. The maximum Gasteiger partial charge on any atom is 0.246 e. The Morgan fingerprint density at radius 2 is 2.10 bits per heavy atom. The normalized spacial score (nSPS) is 16.4. The highest BCUT2D eigenvalue weighted by molar-refractivity contribution is 9.10. The van der Waals surface area contributed by atoms with E-state index in [0.29, 0.717) is 10.0 Å². The number of halogens is 2. The second kappa shape index (κ2) is 6.09. The second-order valence-electron chi connectivity index (χ2n) is 5.01. The number of hydrogen-bond acceptors (Lipinski definition) is 3. The van der Waals surface area contributed by atoms with Gasteiger partial charge in [0.2, 0.25) is 10.0 Å². The van der Waals surface area contributed by atoms with Crippen LogP contribution in [0.3, 0.4) is 0 Å². The molecular formula is C13H18BrFN2O2S. The molecule has 0 amide bonds. The molecule has 0 radical (unpaired) electrons. The minimum Gasteiger partial charge on any atom is -0.316 e. The van der Waals surface area contributed by atoms with Gasteiger partial charge < -0.3 is 5.32 Å². The van der Waals surface area contributed by atoms with E-state index in [4.69, 9.17) is 0 Å². The van der Waals surface area contributed by atoms with E-state index in [1.807, 2.05) is 0 Å².